The fraction of sp³-hybridized carbons (Fsp3) is 0.412. The number of hydrogen-bond acceptors (Lipinski definition) is 2. The van der Waals surface area contributed by atoms with Gasteiger partial charge in [0, 0.05) is 9.75 Å². The average Bonchev–Trinajstić information content (AvgIpc) is 2.97. The highest BCUT2D eigenvalue weighted by Crippen LogP contribution is 2.36. The quantitative estimate of drug-likeness (QED) is 0.877. The molecule has 0 aliphatic heterocycles. The van der Waals surface area contributed by atoms with Gasteiger partial charge in [-0.15, -0.1) is 11.3 Å². The molecule has 1 aliphatic rings. The van der Waals surface area contributed by atoms with Crippen molar-refractivity contribution in [3.63, 3.8) is 0 Å². The second-order valence-electron chi connectivity index (χ2n) is 5.30. The summed E-state index contributed by atoms with van der Waals surface area (Å²) in [5.41, 5.74) is 4.39. The van der Waals surface area contributed by atoms with Gasteiger partial charge in [0.2, 0.25) is 0 Å². The molecule has 2 aromatic rings. The first-order chi connectivity index (χ1) is 9.29. The third-order valence-electron chi connectivity index (χ3n) is 3.96. The van der Waals surface area contributed by atoms with Crippen molar-refractivity contribution in [3.05, 3.63) is 56.8 Å². The molecule has 0 amide bonds. The molecule has 3 rings (SSSR count). The molecule has 1 aromatic carbocycles. The molecule has 0 saturated carbocycles. The Bertz CT molecular complexity index is 549. The maximum atomic E-state index is 3.66. The molecule has 0 spiro atoms. The standard InChI is InChI=1S/C17H21NS/c1-3-18-17(14-9-5-4-7-12(14)2)16-11-13-8-6-10-15(13)19-16/h4-5,7,9,11,17-18H,3,6,8,10H2,1-2H3. The number of thiophene rings is 1. The van der Waals surface area contributed by atoms with E-state index in [0.29, 0.717) is 6.04 Å². The Morgan fingerprint density at radius 2 is 2.11 bits per heavy atom. The minimum atomic E-state index is 0.363. The topological polar surface area (TPSA) is 12.0 Å². The van der Waals surface area contributed by atoms with Gasteiger partial charge in [0.05, 0.1) is 6.04 Å². The van der Waals surface area contributed by atoms with Crippen LogP contribution in [0, 0.1) is 6.92 Å². The van der Waals surface area contributed by atoms with Crippen molar-refractivity contribution < 1.29 is 0 Å². The zero-order valence-corrected chi connectivity index (χ0v) is 12.5. The molecule has 0 saturated heterocycles. The van der Waals surface area contributed by atoms with Crippen LogP contribution in [0.4, 0.5) is 0 Å². The lowest BCUT2D eigenvalue weighted by Crippen LogP contribution is -2.21. The molecule has 1 aliphatic carbocycles. The monoisotopic (exact) mass is 271 g/mol. The van der Waals surface area contributed by atoms with Gasteiger partial charge < -0.3 is 5.32 Å². The van der Waals surface area contributed by atoms with E-state index in [1.54, 1.807) is 10.4 Å². The fourth-order valence-corrected chi connectivity index (χ4v) is 4.33. The van der Waals surface area contributed by atoms with Crippen molar-refractivity contribution in [1.29, 1.82) is 0 Å². The summed E-state index contributed by atoms with van der Waals surface area (Å²) in [7, 11) is 0. The molecule has 1 heterocycles. The highest BCUT2D eigenvalue weighted by molar-refractivity contribution is 7.12. The predicted octanol–water partition coefficient (Wildman–Crippen LogP) is 4.24. The van der Waals surface area contributed by atoms with E-state index in [1.165, 1.54) is 35.3 Å². The lowest BCUT2D eigenvalue weighted by atomic mass is 9.99. The second kappa shape index (κ2) is 5.48. The molecule has 0 fully saturated rings. The summed E-state index contributed by atoms with van der Waals surface area (Å²) in [6, 6.07) is 11.5. The Hall–Kier alpha value is -1.12. The number of hydrogen-bond donors (Lipinski definition) is 1. The van der Waals surface area contributed by atoms with Gasteiger partial charge in [-0.25, -0.2) is 0 Å². The van der Waals surface area contributed by atoms with E-state index in [2.05, 4.69) is 49.5 Å². The van der Waals surface area contributed by atoms with Crippen LogP contribution in [-0.2, 0) is 12.8 Å². The predicted molar refractivity (Wildman–Crippen MR) is 83.0 cm³/mol. The van der Waals surface area contributed by atoms with Gasteiger partial charge in [0.25, 0.3) is 0 Å². The number of nitrogens with one attached hydrogen (secondary N) is 1. The van der Waals surface area contributed by atoms with Crippen LogP contribution in [0.2, 0.25) is 0 Å². The van der Waals surface area contributed by atoms with Crippen LogP contribution in [0.3, 0.4) is 0 Å². The molecule has 1 atom stereocenters. The third kappa shape index (κ3) is 2.47. The summed E-state index contributed by atoms with van der Waals surface area (Å²) in [6.45, 7) is 5.40. The molecule has 1 aromatic heterocycles. The zero-order valence-electron chi connectivity index (χ0n) is 11.7. The summed E-state index contributed by atoms with van der Waals surface area (Å²) >= 11 is 2.01. The van der Waals surface area contributed by atoms with Crippen LogP contribution in [-0.4, -0.2) is 6.54 Å². The summed E-state index contributed by atoms with van der Waals surface area (Å²) in [4.78, 5) is 3.10. The SMILES string of the molecule is CCNC(c1cc2c(s1)CCC2)c1ccccc1C. The van der Waals surface area contributed by atoms with Gasteiger partial charge in [0.15, 0.2) is 0 Å². The van der Waals surface area contributed by atoms with E-state index >= 15 is 0 Å². The van der Waals surface area contributed by atoms with Gasteiger partial charge in [0.1, 0.15) is 0 Å². The first kappa shape index (κ1) is 12.9. The van der Waals surface area contributed by atoms with Crippen molar-refractivity contribution in [3.8, 4) is 0 Å². The molecule has 1 nitrogen and oxygen atoms in total. The Kier molecular flexibility index (Phi) is 3.72. The van der Waals surface area contributed by atoms with Crippen molar-refractivity contribution in [2.45, 2.75) is 39.2 Å². The minimum Gasteiger partial charge on any atom is -0.306 e. The fourth-order valence-electron chi connectivity index (χ4n) is 2.97. The van der Waals surface area contributed by atoms with E-state index in [9.17, 15) is 0 Å². The van der Waals surface area contributed by atoms with E-state index in [-0.39, 0.29) is 0 Å². The van der Waals surface area contributed by atoms with Crippen LogP contribution >= 0.6 is 11.3 Å². The third-order valence-corrected chi connectivity index (χ3v) is 5.26. The largest absolute Gasteiger partial charge is 0.306 e. The number of benzene rings is 1. The van der Waals surface area contributed by atoms with E-state index in [0.717, 1.165) is 6.54 Å². The average molecular weight is 271 g/mol. The molecule has 19 heavy (non-hydrogen) atoms. The maximum Gasteiger partial charge on any atom is 0.0673 e. The normalized spacial score (nSPS) is 15.5. The molecule has 100 valence electrons. The highest BCUT2D eigenvalue weighted by Gasteiger charge is 2.21. The van der Waals surface area contributed by atoms with Crippen molar-refractivity contribution in [2.24, 2.45) is 0 Å². The molecule has 1 N–H and O–H groups in total. The molecule has 0 bridgehead atoms. The lowest BCUT2D eigenvalue weighted by molar-refractivity contribution is 0.636. The van der Waals surface area contributed by atoms with Crippen LogP contribution < -0.4 is 5.32 Å². The summed E-state index contributed by atoms with van der Waals surface area (Å²) in [5.74, 6) is 0. The van der Waals surface area contributed by atoms with Crippen molar-refractivity contribution in [1.82, 2.24) is 5.32 Å². The first-order valence-electron chi connectivity index (χ1n) is 7.20. The van der Waals surface area contributed by atoms with Gasteiger partial charge in [-0.1, -0.05) is 31.2 Å². The van der Waals surface area contributed by atoms with E-state index in [1.807, 2.05) is 11.3 Å². The minimum absolute atomic E-state index is 0.363. The van der Waals surface area contributed by atoms with E-state index < -0.39 is 0 Å². The van der Waals surface area contributed by atoms with Crippen LogP contribution in [0.5, 0.6) is 0 Å². The number of fused-ring (bicyclic) bond motifs is 1. The second-order valence-corrected chi connectivity index (χ2v) is 6.47. The van der Waals surface area contributed by atoms with Gasteiger partial charge >= 0.3 is 0 Å². The lowest BCUT2D eigenvalue weighted by Gasteiger charge is -2.19. The number of aryl methyl sites for hydroxylation is 3. The van der Waals surface area contributed by atoms with Crippen LogP contribution in [0.25, 0.3) is 0 Å². The smallest absolute Gasteiger partial charge is 0.0673 e. The van der Waals surface area contributed by atoms with Crippen LogP contribution in [0.15, 0.2) is 30.3 Å². The summed E-state index contributed by atoms with van der Waals surface area (Å²) in [5, 5.41) is 3.66. The van der Waals surface area contributed by atoms with Gasteiger partial charge in [-0.2, -0.15) is 0 Å². The molecule has 1 unspecified atom stereocenters. The maximum absolute atomic E-state index is 3.66. The Labute approximate surface area is 119 Å². The molecule has 2 heteroatoms. The Morgan fingerprint density at radius 3 is 2.84 bits per heavy atom. The highest BCUT2D eigenvalue weighted by atomic mass is 32.1. The Morgan fingerprint density at radius 1 is 1.26 bits per heavy atom. The summed E-state index contributed by atoms with van der Waals surface area (Å²) < 4.78 is 0. The van der Waals surface area contributed by atoms with Gasteiger partial charge in [-0.05, 0) is 55.5 Å². The van der Waals surface area contributed by atoms with Crippen LogP contribution in [0.1, 0.15) is 45.8 Å². The number of rotatable bonds is 4. The van der Waals surface area contributed by atoms with Crippen molar-refractivity contribution in [2.75, 3.05) is 6.54 Å². The zero-order chi connectivity index (χ0) is 13.2. The summed E-state index contributed by atoms with van der Waals surface area (Å²) in [6.07, 6.45) is 3.91. The van der Waals surface area contributed by atoms with E-state index in [4.69, 9.17) is 0 Å². The van der Waals surface area contributed by atoms with Gasteiger partial charge in [-0.3, -0.25) is 0 Å². The molecular formula is C17H21NS. The van der Waals surface area contributed by atoms with Crippen molar-refractivity contribution >= 4 is 11.3 Å². The first-order valence-corrected chi connectivity index (χ1v) is 8.01. The Balaban J connectivity index is 1.98. The molecule has 0 radical (unpaired) electrons. The molecular weight excluding hydrogens is 250 g/mol.